The molecule has 0 aromatic heterocycles. The lowest BCUT2D eigenvalue weighted by Crippen LogP contribution is -2.69. The zero-order valence-corrected chi connectivity index (χ0v) is 12.9. The van der Waals surface area contributed by atoms with Gasteiger partial charge >= 0.3 is 35.8 Å². The van der Waals surface area contributed by atoms with Crippen molar-refractivity contribution < 1.29 is 57.1 Å². The van der Waals surface area contributed by atoms with Gasteiger partial charge in [0.2, 0.25) is 0 Å². The fourth-order valence-electron chi connectivity index (χ4n) is 1.63. The van der Waals surface area contributed by atoms with E-state index in [9.17, 15) is 57.1 Å². The van der Waals surface area contributed by atoms with Gasteiger partial charge in [-0.3, -0.25) is 0 Å². The highest BCUT2D eigenvalue weighted by atomic mass is 19.4. The summed E-state index contributed by atoms with van der Waals surface area (Å²) in [4.78, 5) is 0. The van der Waals surface area contributed by atoms with Crippen molar-refractivity contribution in [1.29, 1.82) is 0 Å². The highest BCUT2D eigenvalue weighted by molar-refractivity contribution is 5.15. The molecule has 0 atom stereocenters. The van der Waals surface area contributed by atoms with Crippen LogP contribution in [0.5, 0.6) is 0 Å². The van der Waals surface area contributed by atoms with Crippen LogP contribution in [0.1, 0.15) is 32.6 Å². The van der Waals surface area contributed by atoms with Crippen LogP contribution >= 0.6 is 0 Å². The molecular weight excluding hydrogens is 403 g/mol. The van der Waals surface area contributed by atoms with Gasteiger partial charge in [0.15, 0.2) is 0 Å². The summed E-state index contributed by atoms with van der Waals surface area (Å²) in [6, 6.07) is 0. The molecule has 0 unspecified atom stereocenters. The zero-order chi connectivity index (χ0) is 21.2. The fraction of sp³-hybridized carbons (Fsp3) is 0.846. The number of unbranched alkanes of at least 4 members (excludes halogenated alkanes) is 3. The Hall–Kier alpha value is -1.17. The minimum atomic E-state index is -7.85. The van der Waals surface area contributed by atoms with Crippen molar-refractivity contribution in [3.05, 3.63) is 12.2 Å². The summed E-state index contributed by atoms with van der Waals surface area (Å²) in [7, 11) is 0. The Morgan fingerprint density at radius 3 is 1.38 bits per heavy atom. The summed E-state index contributed by atoms with van der Waals surface area (Å²) >= 11 is 0. The van der Waals surface area contributed by atoms with Crippen LogP contribution in [-0.4, -0.2) is 35.8 Å². The third-order valence-electron chi connectivity index (χ3n) is 3.26. The van der Waals surface area contributed by atoms with E-state index in [1.807, 2.05) is 0 Å². The SMILES string of the molecule is CCCCCC=CC(F)(F)C(F)(F)C(F)(F)C(F)(F)C(F)(F)C(F)(F)F. The van der Waals surface area contributed by atoms with Crippen molar-refractivity contribution >= 4 is 0 Å². The second kappa shape index (κ2) is 7.45. The van der Waals surface area contributed by atoms with Crippen LogP contribution in [-0.2, 0) is 0 Å². The zero-order valence-electron chi connectivity index (χ0n) is 12.9. The van der Waals surface area contributed by atoms with E-state index in [0.717, 1.165) is 0 Å². The molecule has 0 aromatic rings. The summed E-state index contributed by atoms with van der Waals surface area (Å²) in [5.74, 6) is -36.6. The predicted octanol–water partition coefficient (Wildman–Crippen LogP) is 6.86. The van der Waals surface area contributed by atoms with Crippen molar-refractivity contribution in [2.24, 2.45) is 0 Å². The van der Waals surface area contributed by atoms with Crippen LogP contribution in [0, 0.1) is 0 Å². The number of hydrogen-bond acceptors (Lipinski definition) is 0. The first kappa shape index (κ1) is 24.8. The molecule has 13 heteroatoms. The monoisotopic (exact) mass is 416 g/mol. The third-order valence-corrected chi connectivity index (χ3v) is 3.26. The summed E-state index contributed by atoms with van der Waals surface area (Å²) in [5.41, 5.74) is 0. The Morgan fingerprint density at radius 1 is 0.577 bits per heavy atom. The standard InChI is InChI=1S/C13H13F13/c1-2-3-4-5-6-7-8(14,15)9(16,17)10(18,19)11(20,21)12(22,23)13(24,25)26/h6-7H,2-5H2,1H3. The minimum absolute atomic E-state index is 0.132. The van der Waals surface area contributed by atoms with Gasteiger partial charge in [0, 0.05) is 0 Å². The number of halogens is 13. The van der Waals surface area contributed by atoms with Crippen LogP contribution in [0.3, 0.4) is 0 Å². The predicted molar refractivity (Wildman–Crippen MR) is 64.1 cm³/mol. The van der Waals surface area contributed by atoms with Crippen LogP contribution in [0.2, 0.25) is 0 Å². The molecule has 0 saturated carbocycles. The first-order valence-electron chi connectivity index (χ1n) is 6.94. The van der Waals surface area contributed by atoms with Crippen LogP contribution in [0.15, 0.2) is 12.2 Å². The van der Waals surface area contributed by atoms with Crippen molar-refractivity contribution in [2.45, 2.75) is 68.4 Å². The maximum absolute atomic E-state index is 13.2. The molecule has 0 N–H and O–H groups in total. The average molecular weight is 416 g/mol. The molecule has 0 aliphatic rings. The number of rotatable bonds is 9. The molecule has 0 aromatic carbocycles. The molecule has 0 fully saturated rings. The Kier molecular flexibility index (Phi) is 7.12. The first-order valence-corrected chi connectivity index (χ1v) is 6.94. The van der Waals surface area contributed by atoms with Gasteiger partial charge < -0.3 is 0 Å². The number of allylic oxidation sites excluding steroid dienone is 2. The largest absolute Gasteiger partial charge is 0.460 e. The molecule has 0 rings (SSSR count). The molecule has 26 heavy (non-hydrogen) atoms. The highest BCUT2D eigenvalue weighted by Gasteiger charge is 2.90. The molecule has 0 bridgehead atoms. The maximum atomic E-state index is 13.2. The Balaban J connectivity index is 5.85. The number of alkyl halides is 13. The molecule has 0 aliphatic heterocycles. The Labute approximate surface area is 139 Å². The maximum Gasteiger partial charge on any atom is 0.460 e. The summed E-state index contributed by atoms with van der Waals surface area (Å²) in [5, 5.41) is 0. The van der Waals surface area contributed by atoms with Crippen molar-refractivity contribution in [3.63, 3.8) is 0 Å². The molecule has 0 amide bonds. The Bertz CT molecular complexity index is 487. The molecule has 156 valence electrons. The minimum Gasteiger partial charge on any atom is -0.195 e. The number of hydrogen-bond donors (Lipinski definition) is 0. The summed E-state index contributed by atoms with van der Waals surface area (Å²) in [6.45, 7) is 1.66. The lowest BCUT2D eigenvalue weighted by molar-refractivity contribution is -0.436. The van der Waals surface area contributed by atoms with E-state index >= 15 is 0 Å². The molecule has 0 aliphatic carbocycles. The van der Waals surface area contributed by atoms with Gasteiger partial charge in [-0.25, -0.2) is 0 Å². The van der Waals surface area contributed by atoms with Crippen molar-refractivity contribution in [3.8, 4) is 0 Å². The van der Waals surface area contributed by atoms with Crippen LogP contribution in [0.25, 0.3) is 0 Å². The topological polar surface area (TPSA) is 0 Å². The molecular formula is C13H13F13. The summed E-state index contributed by atoms with van der Waals surface area (Å²) in [6.07, 6.45) is -7.34. The van der Waals surface area contributed by atoms with E-state index in [0.29, 0.717) is 12.8 Å². The average Bonchev–Trinajstić information content (AvgIpc) is 2.44. The molecule has 0 spiro atoms. The molecule has 0 nitrogen and oxygen atoms in total. The van der Waals surface area contributed by atoms with E-state index < -0.39 is 41.9 Å². The van der Waals surface area contributed by atoms with Gasteiger partial charge in [-0.15, -0.1) is 0 Å². The fourth-order valence-corrected chi connectivity index (χ4v) is 1.63. The van der Waals surface area contributed by atoms with Gasteiger partial charge in [0.1, 0.15) is 0 Å². The third kappa shape index (κ3) is 4.05. The quantitative estimate of drug-likeness (QED) is 0.219. The van der Waals surface area contributed by atoms with Gasteiger partial charge in [0.05, 0.1) is 0 Å². The van der Waals surface area contributed by atoms with E-state index in [1.165, 1.54) is 0 Å². The second-order valence-electron chi connectivity index (χ2n) is 5.32. The lowest BCUT2D eigenvalue weighted by atomic mass is 9.93. The van der Waals surface area contributed by atoms with E-state index in [4.69, 9.17) is 0 Å². The van der Waals surface area contributed by atoms with E-state index in [1.54, 1.807) is 6.92 Å². The lowest BCUT2D eigenvalue weighted by Gasteiger charge is -2.39. The second-order valence-corrected chi connectivity index (χ2v) is 5.32. The molecule has 0 radical (unpaired) electrons. The van der Waals surface area contributed by atoms with Gasteiger partial charge in [0.25, 0.3) is 0 Å². The van der Waals surface area contributed by atoms with Gasteiger partial charge in [-0.1, -0.05) is 25.8 Å². The van der Waals surface area contributed by atoms with Crippen molar-refractivity contribution in [2.75, 3.05) is 0 Å². The normalized spacial score (nSPS) is 15.8. The molecule has 0 heterocycles. The van der Waals surface area contributed by atoms with Gasteiger partial charge in [-0.2, -0.15) is 57.1 Å². The van der Waals surface area contributed by atoms with Crippen molar-refractivity contribution in [1.82, 2.24) is 0 Å². The van der Waals surface area contributed by atoms with Gasteiger partial charge in [-0.05, 0) is 18.9 Å². The highest BCUT2D eigenvalue weighted by Crippen LogP contribution is 2.60. The molecule has 0 saturated heterocycles. The Morgan fingerprint density at radius 2 is 1.00 bits per heavy atom. The van der Waals surface area contributed by atoms with Crippen LogP contribution < -0.4 is 0 Å². The first-order chi connectivity index (χ1) is 11.3. The smallest absolute Gasteiger partial charge is 0.195 e. The van der Waals surface area contributed by atoms with Crippen LogP contribution in [0.4, 0.5) is 57.1 Å². The van der Waals surface area contributed by atoms with E-state index in [-0.39, 0.29) is 18.9 Å². The summed E-state index contributed by atoms with van der Waals surface area (Å²) < 4.78 is 166. The van der Waals surface area contributed by atoms with E-state index in [2.05, 4.69) is 0 Å².